The van der Waals surface area contributed by atoms with Crippen LogP contribution < -0.4 is 14.8 Å². The summed E-state index contributed by atoms with van der Waals surface area (Å²) in [4.78, 5) is 11.2. The van der Waals surface area contributed by atoms with Gasteiger partial charge in [0.2, 0.25) is 0 Å². The fourth-order valence-electron chi connectivity index (χ4n) is 2.02. The minimum Gasteiger partial charge on any atom is -0.493 e. The number of unbranched alkanes of at least 4 members (excludes halogenated alkanes) is 1. The highest BCUT2D eigenvalue weighted by atomic mass is 35.5. The first-order chi connectivity index (χ1) is 10.0. The third-order valence-electron chi connectivity index (χ3n) is 3.25. The average Bonchev–Trinajstić information content (AvgIpc) is 2.47. The Morgan fingerprint density at radius 1 is 1.38 bits per heavy atom. The number of halogens is 1. The van der Waals surface area contributed by atoms with Gasteiger partial charge < -0.3 is 19.9 Å². The standard InChI is InChI=1S/C15H22ClNO4/c1-4-5-6-11(15(18)19)17-9-10-7-8-12(20-2)14(21-3)13(10)16/h7-8,11,17H,4-6,9H2,1-3H3,(H,18,19). The Balaban J connectivity index is 2.80. The summed E-state index contributed by atoms with van der Waals surface area (Å²) in [5.41, 5.74) is 0.775. The molecule has 0 bridgehead atoms. The summed E-state index contributed by atoms with van der Waals surface area (Å²) in [6, 6.07) is 2.98. The van der Waals surface area contributed by atoms with Crippen LogP contribution in [-0.4, -0.2) is 31.3 Å². The van der Waals surface area contributed by atoms with Gasteiger partial charge in [-0.25, -0.2) is 0 Å². The summed E-state index contributed by atoms with van der Waals surface area (Å²) in [5.74, 6) is 0.158. The van der Waals surface area contributed by atoms with Crippen molar-refractivity contribution in [3.63, 3.8) is 0 Å². The molecule has 0 aliphatic heterocycles. The number of carbonyl (C=O) groups is 1. The van der Waals surface area contributed by atoms with E-state index in [-0.39, 0.29) is 0 Å². The van der Waals surface area contributed by atoms with Crippen molar-refractivity contribution in [2.75, 3.05) is 14.2 Å². The molecule has 0 amide bonds. The highest BCUT2D eigenvalue weighted by Crippen LogP contribution is 2.37. The lowest BCUT2D eigenvalue weighted by Crippen LogP contribution is -2.36. The number of carboxylic acids is 1. The molecule has 6 heteroatoms. The molecule has 1 atom stereocenters. The summed E-state index contributed by atoms with van der Waals surface area (Å²) in [5, 5.41) is 12.6. The van der Waals surface area contributed by atoms with Gasteiger partial charge in [-0.05, 0) is 18.1 Å². The highest BCUT2D eigenvalue weighted by molar-refractivity contribution is 6.33. The number of methoxy groups -OCH3 is 2. The largest absolute Gasteiger partial charge is 0.493 e. The number of nitrogens with one attached hydrogen (secondary N) is 1. The zero-order valence-corrected chi connectivity index (χ0v) is 13.4. The molecule has 0 aromatic heterocycles. The molecule has 0 heterocycles. The molecule has 0 aliphatic rings. The minimum absolute atomic E-state index is 0.361. The lowest BCUT2D eigenvalue weighted by Gasteiger charge is -2.16. The SMILES string of the molecule is CCCCC(NCc1ccc(OC)c(OC)c1Cl)C(=O)O. The van der Waals surface area contributed by atoms with Gasteiger partial charge in [-0.3, -0.25) is 4.79 Å². The Kier molecular flexibility index (Phi) is 7.32. The maximum absolute atomic E-state index is 11.2. The van der Waals surface area contributed by atoms with Crippen molar-refractivity contribution in [1.82, 2.24) is 5.32 Å². The lowest BCUT2D eigenvalue weighted by atomic mass is 10.1. The van der Waals surface area contributed by atoms with E-state index in [2.05, 4.69) is 5.32 Å². The monoisotopic (exact) mass is 315 g/mol. The molecule has 21 heavy (non-hydrogen) atoms. The minimum atomic E-state index is -0.847. The predicted octanol–water partition coefficient (Wildman–Crippen LogP) is 3.09. The van der Waals surface area contributed by atoms with E-state index >= 15 is 0 Å². The third kappa shape index (κ3) is 4.79. The molecule has 1 unspecified atom stereocenters. The normalized spacial score (nSPS) is 12.0. The van der Waals surface area contributed by atoms with Crippen LogP contribution in [-0.2, 0) is 11.3 Å². The van der Waals surface area contributed by atoms with Crippen molar-refractivity contribution in [2.24, 2.45) is 0 Å². The number of aliphatic carboxylic acids is 1. The van der Waals surface area contributed by atoms with Crippen molar-refractivity contribution >= 4 is 17.6 Å². The van der Waals surface area contributed by atoms with Gasteiger partial charge in [-0.1, -0.05) is 37.4 Å². The van der Waals surface area contributed by atoms with Crippen LogP contribution in [0, 0.1) is 0 Å². The molecule has 0 radical (unpaired) electrons. The fourth-order valence-corrected chi connectivity index (χ4v) is 2.32. The summed E-state index contributed by atoms with van der Waals surface area (Å²) < 4.78 is 10.4. The second kappa shape index (κ2) is 8.74. The topological polar surface area (TPSA) is 67.8 Å². The van der Waals surface area contributed by atoms with Crippen molar-refractivity contribution < 1.29 is 19.4 Å². The molecule has 0 saturated carbocycles. The van der Waals surface area contributed by atoms with Crippen LogP contribution in [0.3, 0.4) is 0 Å². The average molecular weight is 316 g/mol. The Morgan fingerprint density at radius 2 is 2.10 bits per heavy atom. The van der Waals surface area contributed by atoms with E-state index in [1.807, 2.05) is 6.92 Å². The molecule has 2 N–H and O–H groups in total. The lowest BCUT2D eigenvalue weighted by molar-refractivity contribution is -0.139. The third-order valence-corrected chi connectivity index (χ3v) is 3.66. The molecule has 0 fully saturated rings. The first-order valence-electron chi connectivity index (χ1n) is 6.90. The van der Waals surface area contributed by atoms with E-state index in [0.29, 0.717) is 29.5 Å². The van der Waals surface area contributed by atoms with E-state index in [0.717, 1.165) is 18.4 Å². The Morgan fingerprint density at radius 3 is 2.62 bits per heavy atom. The van der Waals surface area contributed by atoms with E-state index in [1.54, 1.807) is 12.1 Å². The van der Waals surface area contributed by atoms with E-state index < -0.39 is 12.0 Å². The molecule has 1 aromatic rings. The number of rotatable bonds is 9. The summed E-state index contributed by atoms with van der Waals surface area (Å²) in [6.45, 7) is 2.39. The van der Waals surface area contributed by atoms with Crippen LogP contribution in [0.5, 0.6) is 11.5 Å². The molecular weight excluding hydrogens is 294 g/mol. The first-order valence-corrected chi connectivity index (χ1v) is 7.28. The molecule has 1 rings (SSSR count). The van der Waals surface area contributed by atoms with Crippen LogP contribution in [0.4, 0.5) is 0 Å². The van der Waals surface area contributed by atoms with Gasteiger partial charge in [0.25, 0.3) is 0 Å². The molecule has 0 aliphatic carbocycles. The fraction of sp³-hybridized carbons (Fsp3) is 0.533. The first kappa shape index (κ1) is 17.6. The second-order valence-electron chi connectivity index (χ2n) is 4.69. The van der Waals surface area contributed by atoms with Crippen LogP contribution in [0.1, 0.15) is 31.7 Å². The number of hydrogen-bond acceptors (Lipinski definition) is 4. The van der Waals surface area contributed by atoms with Crippen molar-refractivity contribution in [2.45, 2.75) is 38.8 Å². The zero-order chi connectivity index (χ0) is 15.8. The van der Waals surface area contributed by atoms with Crippen molar-refractivity contribution in [3.8, 4) is 11.5 Å². The molecule has 118 valence electrons. The maximum atomic E-state index is 11.2. The summed E-state index contributed by atoms with van der Waals surface area (Å²) in [6.07, 6.45) is 2.42. The van der Waals surface area contributed by atoms with Crippen LogP contribution in [0.2, 0.25) is 5.02 Å². The predicted molar refractivity (Wildman–Crippen MR) is 82.3 cm³/mol. The van der Waals surface area contributed by atoms with Crippen LogP contribution >= 0.6 is 11.6 Å². The number of carboxylic acid groups (broad SMARTS) is 1. The van der Waals surface area contributed by atoms with Gasteiger partial charge in [-0.15, -0.1) is 0 Å². The van der Waals surface area contributed by atoms with E-state index in [4.69, 9.17) is 21.1 Å². The highest BCUT2D eigenvalue weighted by Gasteiger charge is 2.18. The van der Waals surface area contributed by atoms with Gasteiger partial charge in [0.15, 0.2) is 11.5 Å². The molecule has 5 nitrogen and oxygen atoms in total. The Hall–Kier alpha value is -1.46. The van der Waals surface area contributed by atoms with Crippen molar-refractivity contribution in [1.29, 1.82) is 0 Å². The number of benzene rings is 1. The van der Waals surface area contributed by atoms with E-state index in [9.17, 15) is 9.90 Å². The Bertz CT molecular complexity index is 479. The number of ether oxygens (including phenoxy) is 2. The summed E-state index contributed by atoms with van der Waals surface area (Å²) >= 11 is 6.27. The van der Waals surface area contributed by atoms with Crippen LogP contribution in [0.15, 0.2) is 12.1 Å². The van der Waals surface area contributed by atoms with Crippen LogP contribution in [0.25, 0.3) is 0 Å². The van der Waals surface area contributed by atoms with Gasteiger partial charge in [0.05, 0.1) is 19.2 Å². The summed E-state index contributed by atoms with van der Waals surface area (Å²) in [7, 11) is 3.06. The molecular formula is C15H22ClNO4. The quantitative estimate of drug-likeness (QED) is 0.733. The smallest absolute Gasteiger partial charge is 0.320 e. The Labute approximate surface area is 130 Å². The van der Waals surface area contributed by atoms with Crippen molar-refractivity contribution in [3.05, 3.63) is 22.7 Å². The van der Waals surface area contributed by atoms with Gasteiger partial charge in [0, 0.05) is 6.54 Å². The van der Waals surface area contributed by atoms with Gasteiger partial charge in [-0.2, -0.15) is 0 Å². The van der Waals surface area contributed by atoms with E-state index in [1.165, 1.54) is 14.2 Å². The number of hydrogen-bond donors (Lipinski definition) is 2. The molecule has 0 spiro atoms. The maximum Gasteiger partial charge on any atom is 0.320 e. The van der Waals surface area contributed by atoms with Gasteiger partial charge in [0.1, 0.15) is 6.04 Å². The molecule has 1 aromatic carbocycles. The van der Waals surface area contributed by atoms with Gasteiger partial charge >= 0.3 is 5.97 Å². The molecule has 0 saturated heterocycles. The second-order valence-corrected chi connectivity index (χ2v) is 5.07. The zero-order valence-electron chi connectivity index (χ0n) is 12.6.